The molecule has 3 saturated carbocycles. The Morgan fingerprint density at radius 2 is 1.80 bits per heavy atom. The number of carbonyl (C=O) groups is 1. The van der Waals surface area contributed by atoms with Crippen LogP contribution in [0.1, 0.15) is 51.4 Å². The van der Waals surface area contributed by atoms with Crippen LogP contribution in [0.5, 0.6) is 0 Å². The van der Waals surface area contributed by atoms with Crippen molar-refractivity contribution in [2.75, 3.05) is 0 Å². The number of fused-ring (bicyclic) bond motifs is 2. The summed E-state index contributed by atoms with van der Waals surface area (Å²) in [5.74, 6) is 2.47. The van der Waals surface area contributed by atoms with Gasteiger partial charge in [0.2, 0.25) is 5.91 Å². The zero-order chi connectivity index (χ0) is 10.3. The van der Waals surface area contributed by atoms with E-state index in [9.17, 15) is 4.79 Å². The molecule has 0 aromatic carbocycles. The number of nitrogens with one attached hydrogen (secondary N) is 1. The number of hydrogen-bond donors (Lipinski definition) is 1. The van der Waals surface area contributed by atoms with Crippen LogP contribution in [0.2, 0.25) is 0 Å². The van der Waals surface area contributed by atoms with Crippen molar-refractivity contribution >= 4 is 5.91 Å². The Bertz CT molecular complexity index is 257. The van der Waals surface area contributed by atoms with E-state index in [1.54, 1.807) is 0 Å². The molecule has 0 aromatic rings. The second-order valence-electron chi connectivity index (χ2n) is 5.77. The monoisotopic (exact) mass is 207 g/mol. The Morgan fingerprint density at radius 1 is 1.00 bits per heavy atom. The Morgan fingerprint density at radius 3 is 2.40 bits per heavy atom. The van der Waals surface area contributed by atoms with Crippen molar-refractivity contribution in [1.82, 2.24) is 5.32 Å². The number of carbonyl (C=O) groups excluding carboxylic acids is 1. The highest BCUT2D eigenvalue weighted by Crippen LogP contribution is 2.44. The lowest BCUT2D eigenvalue weighted by molar-refractivity contribution is -0.125. The molecular formula is C13H21NO. The summed E-state index contributed by atoms with van der Waals surface area (Å²) in [5, 5.41) is 3.31. The number of amides is 1. The first kappa shape index (κ1) is 9.68. The maximum absolute atomic E-state index is 12.0. The standard InChI is InChI=1S/C13H21NO/c15-13(10-3-1-2-4-10)14-12-8-9-5-6-11(12)7-9/h9-12H,1-8H2,(H,14,15)/t9-,11-,12+/m1/s1. The molecular weight excluding hydrogens is 186 g/mol. The minimum Gasteiger partial charge on any atom is -0.353 e. The fourth-order valence-electron chi connectivity index (χ4n) is 3.91. The van der Waals surface area contributed by atoms with Gasteiger partial charge in [0.05, 0.1) is 0 Å². The van der Waals surface area contributed by atoms with E-state index in [0.717, 1.165) is 24.7 Å². The van der Waals surface area contributed by atoms with Gasteiger partial charge in [-0.1, -0.05) is 19.3 Å². The molecule has 3 fully saturated rings. The molecule has 3 aliphatic rings. The second-order valence-corrected chi connectivity index (χ2v) is 5.77. The van der Waals surface area contributed by atoms with E-state index < -0.39 is 0 Å². The molecule has 1 N–H and O–H groups in total. The van der Waals surface area contributed by atoms with Crippen LogP contribution in [0.25, 0.3) is 0 Å². The summed E-state index contributed by atoms with van der Waals surface area (Å²) in [6.45, 7) is 0. The van der Waals surface area contributed by atoms with E-state index in [2.05, 4.69) is 5.32 Å². The van der Waals surface area contributed by atoms with Crippen LogP contribution >= 0.6 is 0 Å². The minimum absolute atomic E-state index is 0.351. The molecule has 0 spiro atoms. The highest BCUT2D eigenvalue weighted by atomic mass is 16.1. The first-order valence-corrected chi connectivity index (χ1v) is 6.63. The SMILES string of the molecule is O=C(N[C@H]1C[C@@H]2CC[C@@H]1C2)C1CCCC1. The summed E-state index contributed by atoms with van der Waals surface area (Å²) in [7, 11) is 0. The van der Waals surface area contributed by atoms with Crippen molar-refractivity contribution < 1.29 is 4.79 Å². The first-order chi connectivity index (χ1) is 7.33. The van der Waals surface area contributed by atoms with Crippen molar-refractivity contribution in [1.29, 1.82) is 0 Å². The second kappa shape index (κ2) is 3.80. The highest BCUT2D eigenvalue weighted by Gasteiger charge is 2.40. The van der Waals surface area contributed by atoms with Gasteiger partial charge in [0.25, 0.3) is 0 Å². The smallest absolute Gasteiger partial charge is 0.223 e. The van der Waals surface area contributed by atoms with Crippen LogP contribution in [0.15, 0.2) is 0 Å². The van der Waals surface area contributed by atoms with Gasteiger partial charge in [0.15, 0.2) is 0 Å². The quantitative estimate of drug-likeness (QED) is 0.740. The molecule has 0 aliphatic heterocycles. The predicted molar refractivity (Wildman–Crippen MR) is 59.3 cm³/mol. The van der Waals surface area contributed by atoms with E-state index in [1.165, 1.54) is 38.5 Å². The maximum Gasteiger partial charge on any atom is 0.223 e. The Kier molecular flexibility index (Phi) is 2.45. The third-order valence-corrected chi connectivity index (χ3v) is 4.79. The summed E-state index contributed by atoms with van der Waals surface area (Å²) >= 11 is 0. The summed E-state index contributed by atoms with van der Waals surface area (Å²) in [4.78, 5) is 12.0. The van der Waals surface area contributed by atoms with Gasteiger partial charge in [0, 0.05) is 12.0 Å². The van der Waals surface area contributed by atoms with Gasteiger partial charge >= 0.3 is 0 Å². The normalized spacial score (nSPS) is 39.9. The third-order valence-electron chi connectivity index (χ3n) is 4.79. The van der Waals surface area contributed by atoms with Gasteiger partial charge in [-0.15, -0.1) is 0 Å². The summed E-state index contributed by atoms with van der Waals surface area (Å²) in [5.41, 5.74) is 0. The minimum atomic E-state index is 0.351. The van der Waals surface area contributed by atoms with E-state index in [0.29, 0.717) is 17.9 Å². The Balaban J connectivity index is 1.54. The van der Waals surface area contributed by atoms with Gasteiger partial charge in [-0.25, -0.2) is 0 Å². The fraction of sp³-hybridized carbons (Fsp3) is 0.923. The van der Waals surface area contributed by atoms with Crippen molar-refractivity contribution in [3.05, 3.63) is 0 Å². The van der Waals surface area contributed by atoms with Crippen LogP contribution in [-0.2, 0) is 4.79 Å². The molecule has 84 valence electrons. The average molecular weight is 207 g/mol. The Hall–Kier alpha value is -0.530. The first-order valence-electron chi connectivity index (χ1n) is 6.63. The van der Waals surface area contributed by atoms with Crippen LogP contribution in [0.3, 0.4) is 0 Å². The molecule has 3 atom stereocenters. The molecule has 3 aliphatic carbocycles. The number of rotatable bonds is 2. The summed E-state index contributed by atoms with van der Waals surface area (Å²) < 4.78 is 0. The van der Waals surface area contributed by atoms with Crippen molar-refractivity contribution in [3.8, 4) is 0 Å². The average Bonchev–Trinajstić information content (AvgIpc) is 2.95. The molecule has 15 heavy (non-hydrogen) atoms. The lowest BCUT2D eigenvalue weighted by Gasteiger charge is -2.24. The molecule has 2 bridgehead atoms. The van der Waals surface area contributed by atoms with Gasteiger partial charge in [-0.2, -0.15) is 0 Å². The molecule has 2 nitrogen and oxygen atoms in total. The predicted octanol–water partition coefficient (Wildman–Crippen LogP) is 2.48. The molecule has 0 radical (unpaired) electrons. The fourth-order valence-corrected chi connectivity index (χ4v) is 3.91. The molecule has 1 amide bonds. The van der Waals surface area contributed by atoms with E-state index in [-0.39, 0.29) is 0 Å². The maximum atomic E-state index is 12.0. The lowest BCUT2D eigenvalue weighted by atomic mass is 9.94. The van der Waals surface area contributed by atoms with E-state index >= 15 is 0 Å². The van der Waals surface area contributed by atoms with Gasteiger partial charge in [-0.05, 0) is 43.9 Å². The number of hydrogen-bond acceptors (Lipinski definition) is 1. The topological polar surface area (TPSA) is 29.1 Å². The van der Waals surface area contributed by atoms with E-state index in [1.807, 2.05) is 0 Å². The van der Waals surface area contributed by atoms with Gasteiger partial charge in [-0.3, -0.25) is 4.79 Å². The van der Waals surface area contributed by atoms with Crippen LogP contribution < -0.4 is 5.32 Å². The molecule has 0 aromatic heterocycles. The molecule has 2 heteroatoms. The third kappa shape index (κ3) is 1.79. The summed E-state index contributed by atoms with van der Waals surface area (Å²) in [6.07, 6.45) is 10.2. The van der Waals surface area contributed by atoms with E-state index in [4.69, 9.17) is 0 Å². The van der Waals surface area contributed by atoms with Gasteiger partial charge in [0.1, 0.15) is 0 Å². The Labute approximate surface area is 91.8 Å². The zero-order valence-corrected chi connectivity index (χ0v) is 9.37. The molecule has 3 rings (SSSR count). The largest absolute Gasteiger partial charge is 0.353 e. The van der Waals surface area contributed by atoms with Crippen LogP contribution in [-0.4, -0.2) is 11.9 Å². The molecule has 0 unspecified atom stereocenters. The van der Waals surface area contributed by atoms with Gasteiger partial charge < -0.3 is 5.32 Å². The van der Waals surface area contributed by atoms with Crippen molar-refractivity contribution in [2.24, 2.45) is 17.8 Å². The van der Waals surface area contributed by atoms with Crippen molar-refractivity contribution in [2.45, 2.75) is 57.4 Å². The molecule has 0 heterocycles. The highest BCUT2D eigenvalue weighted by molar-refractivity contribution is 5.79. The summed E-state index contributed by atoms with van der Waals surface area (Å²) in [6, 6.07) is 0.539. The zero-order valence-electron chi connectivity index (χ0n) is 9.37. The van der Waals surface area contributed by atoms with Crippen molar-refractivity contribution in [3.63, 3.8) is 0 Å². The van der Waals surface area contributed by atoms with Crippen LogP contribution in [0.4, 0.5) is 0 Å². The molecule has 0 saturated heterocycles. The van der Waals surface area contributed by atoms with Crippen LogP contribution in [0, 0.1) is 17.8 Å². The lowest BCUT2D eigenvalue weighted by Crippen LogP contribution is -2.41.